The standard InChI is InChI=1S/C12H24N2O3/c1-10(13-2)9-14-12(15)5-8-17-11-3-6-16-7-4-11/h10-11,13H,3-9H2,1-2H3,(H,14,15). The van der Waals surface area contributed by atoms with Gasteiger partial charge in [0.05, 0.1) is 12.7 Å². The normalized spacial score (nSPS) is 18.9. The third kappa shape index (κ3) is 6.61. The van der Waals surface area contributed by atoms with Crippen molar-refractivity contribution in [2.45, 2.75) is 38.3 Å². The Kier molecular flexibility index (Phi) is 7.16. The number of carbonyl (C=O) groups is 1. The van der Waals surface area contributed by atoms with Gasteiger partial charge in [0.1, 0.15) is 0 Å². The highest BCUT2D eigenvalue weighted by Crippen LogP contribution is 2.10. The lowest BCUT2D eigenvalue weighted by Crippen LogP contribution is -2.37. The maximum Gasteiger partial charge on any atom is 0.222 e. The molecule has 1 atom stereocenters. The molecule has 0 aromatic rings. The number of likely N-dealkylation sites (N-methyl/N-ethyl adjacent to an activating group) is 1. The second-order valence-electron chi connectivity index (χ2n) is 4.43. The molecule has 1 aliphatic heterocycles. The molecule has 0 aromatic heterocycles. The molecule has 0 bridgehead atoms. The van der Waals surface area contributed by atoms with Gasteiger partial charge in [-0.15, -0.1) is 0 Å². The molecule has 1 unspecified atom stereocenters. The summed E-state index contributed by atoms with van der Waals surface area (Å²) < 4.78 is 10.9. The van der Waals surface area contributed by atoms with E-state index in [1.165, 1.54) is 0 Å². The first-order valence-electron chi connectivity index (χ1n) is 6.35. The number of carbonyl (C=O) groups excluding carboxylic acids is 1. The van der Waals surface area contributed by atoms with Gasteiger partial charge in [0, 0.05) is 32.2 Å². The number of nitrogens with one attached hydrogen (secondary N) is 2. The Morgan fingerprint density at radius 1 is 1.47 bits per heavy atom. The van der Waals surface area contributed by atoms with Crippen LogP contribution in [0.5, 0.6) is 0 Å². The summed E-state index contributed by atoms with van der Waals surface area (Å²) in [6, 6.07) is 0.301. The van der Waals surface area contributed by atoms with E-state index in [-0.39, 0.29) is 12.0 Å². The van der Waals surface area contributed by atoms with Crippen molar-refractivity contribution < 1.29 is 14.3 Å². The fraction of sp³-hybridized carbons (Fsp3) is 0.917. The molecule has 2 N–H and O–H groups in total. The molecule has 5 nitrogen and oxygen atoms in total. The molecule has 0 aromatic carbocycles. The van der Waals surface area contributed by atoms with E-state index in [1.807, 2.05) is 14.0 Å². The Morgan fingerprint density at radius 2 is 2.18 bits per heavy atom. The Bertz CT molecular complexity index is 218. The minimum absolute atomic E-state index is 0.0548. The van der Waals surface area contributed by atoms with Gasteiger partial charge in [0.2, 0.25) is 5.91 Å². The lowest BCUT2D eigenvalue weighted by molar-refractivity contribution is -0.123. The van der Waals surface area contributed by atoms with E-state index in [4.69, 9.17) is 9.47 Å². The summed E-state index contributed by atoms with van der Waals surface area (Å²) >= 11 is 0. The van der Waals surface area contributed by atoms with Crippen LogP contribution in [-0.2, 0) is 14.3 Å². The quantitative estimate of drug-likeness (QED) is 0.676. The zero-order chi connectivity index (χ0) is 12.5. The smallest absolute Gasteiger partial charge is 0.222 e. The first-order chi connectivity index (χ1) is 8.22. The highest BCUT2D eigenvalue weighted by Gasteiger charge is 2.14. The van der Waals surface area contributed by atoms with Gasteiger partial charge in [0.25, 0.3) is 0 Å². The van der Waals surface area contributed by atoms with Crippen LogP contribution in [0.3, 0.4) is 0 Å². The van der Waals surface area contributed by atoms with Crippen LogP contribution in [0.15, 0.2) is 0 Å². The monoisotopic (exact) mass is 244 g/mol. The van der Waals surface area contributed by atoms with Crippen molar-refractivity contribution in [1.82, 2.24) is 10.6 Å². The SMILES string of the molecule is CNC(C)CNC(=O)CCOC1CCOCC1. The van der Waals surface area contributed by atoms with Crippen LogP contribution < -0.4 is 10.6 Å². The summed E-state index contributed by atoms with van der Waals surface area (Å²) in [7, 11) is 1.88. The van der Waals surface area contributed by atoms with Crippen LogP contribution in [0.1, 0.15) is 26.2 Å². The lowest BCUT2D eigenvalue weighted by Gasteiger charge is -2.22. The fourth-order valence-electron chi connectivity index (χ4n) is 1.62. The Balaban J connectivity index is 1.99. The van der Waals surface area contributed by atoms with Crippen molar-refractivity contribution in [3.63, 3.8) is 0 Å². The number of amides is 1. The first-order valence-corrected chi connectivity index (χ1v) is 6.35. The molecule has 0 radical (unpaired) electrons. The van der Waals surface area contributed by atoms with Crippen molar-refractivity contribution >= 4 is 5.91 Å². The molecule has 1 saturated heterocycles. The van der Waals surface area contributed by atoms with Crippen LogP contribution in [0, 0.1) is 0 Å². The van der Waals surface area contributed by atoms with Gasteiger partial charge in [-0.3, -0.25) is 4.79 Å². The number of hydrogen-bond donors (Lipinski definition) is 2. The zero-order valence-electron chi connectivity index (χ0n) is 10.8. The molecule has 0 spiro atoms. The highest BCUT2D eigenvalue weighted by atomic mass is 16.5. The maximum atomic E-state index is 11.5. The lowest BCUT2D eigenvalue weighted by atomic mass is 10.1. The average Bonchev–Trinajstić information content (AvgIpc) is 2.37. The fourth-order valence-corrected chi connectivity index (χ4v) is 1.62. The molecular formula is C12H24N2O3. The average molecular weight is 244 g/mol. The second kappa shape index (κ2) is 8.44. The maximum absolute atomic E-state index is 11.5. The van der Waals surface area contributed by atoms with Gasteiger partial charge in [-0.1, -0.05) is 0 Å². The van der Waals surface area contributed by atoms with Gasteiger partial charge in [0.15, 0.2) is 0 Å². The van der Waals surface area contributed by atoms with Crippen LogP contribution in [-0.4, -0.2) is 51.5 Å². The number of rotatable bonds is 7. The third-order valence-corrected chi connectivity index (χ3v) is 2.95. The van der Waals surface area contributed by atoms with Crippen LogP contribution >= 0.6 is 0 Å². The van der Waals surface area contributed by atoms with Crippen molar-refractivity contribution in [2.75, 3.05) is 33.4 Å². The summed E-state index contributed by atoms with van der Waals surface area (Å²) in [6.45, 7) is 4.74. The molecule has 1 fully saturated rings. The Hall–Kier alpha value is -0.650. The van der Waals surface area contributed by atoms with Gasteiger partial charge in [-0.25, -0.2) is 0 Å². The zero-order valence-corrected chi connectivity index (χ0v) is 10.8. The van der Waals surface area contributed by atoms with E-state index in [9.17, 15) is 4.79 Å². The van der Waals surface area contributed by atoms with Crippen LogP contribution in [0.2, 0.25) is 0 Å². The minimum atomic E-state index is 0.0548. The second-order valence-corrected chi connectivity index (χ2v) is 4.43. The minimum Gasteiger partial charge on any atom is -0.381 e. The van der Waals surface area contributed by atoms with Crippen LogP contribution in [0.4, 0.5) is 0 Å². The van der Waals surface area contributed by atoms with Gasteiger partial charge >= 0.3 is 0 Å². The summed E-state index contributed by atoms with van der Waals surface area (Å²) in [5.74, 6) is 0.0548. The van der Waals surface area contributed by atoms with Gasteiger partial charge in [-0.05, 0) is 26.8 Å². The number of hydrogen-bond acceptors (Lipinski definition) is 4. The molecular weight excluding hydrogens is 220 g/mol. The predicted molar refractivity (Wildman–Crippen MR) is 65.9 cm³/mol. The van der Waals surface area contributed by atoms with E-state index >= 15 is 0 Å². The third-order valence-electron chi connectivity index (χ3n) is 2.95. The number of ether oxygens (including phenoxy) is 2. The molecule has 0 aliphatic carbocycles. The van der Waals surface area contributed by atoms with E-state index in [0.29, 0.717) is 25.6 Å². The Labute approximate surface area is 103 Å². The summed E-state index contributed by atoms with van der Waals surface area (Å²) in [5.41, 5.74) is 0. The van der Waals surface area contributed by atoms with E-state index in [0.717, 1.165) is 26.1 Å². The molecule has 1 heterocycles. The molecule has 1 amide bonds. The molecule has 17 heavy (non-hydrogen) atoms. The van der Waals surface area contributed by atoms with E-state index in [1.54, 1.807) is 0 Å². The van der Waals surface area contributed by atoms with Crippen molar-refractivity contribution in [3.05, 3.63) is 0 Å². The molecule has 100 valence electrons. The van der Waals surface area contributed by atoms with E-state index in [2.05, 4.69) is 10.6 Å². The summed E-state index contributed by atoms with van der Waals surface area (Å²) in [5, 5.41) is 5.93. The molecule has 1 aliphatic rings. The summed E-state index contributed by atoms with van der Waals surface area (Å²) in [6.07, 6.45) is 2.60. The summed E-state index contributed by atoms with van der Waals surface area (Å²) in [4.78, 5) is 11.5. The molecule has 1 rings (SSSR count). The Morgan fingerprint density at radius 3 is 2.82 bits per heavy atom. The van der Waals surface area contributed by atoms with E-state index < -0.39 is 0 Å². The van der Waals surface area contributed by atoms with Crippen molar-refractivity contribution in [1.29, 1.82) is 0 Å². The van der Waals surface area contributed by atoms with Gasteiger partial charge in [-0.2, -0.15) is 0 Å². The van der Waals surface area contributed by atoms with Gasteiger partial charge < -0.3 is 20.1 Å². The van der Waals surface area contributed by atoms with Crippen LogP contribution in [0.25, 0.3) is 0 Å². The highest BCUT2D eigenvalue weighted by molar-refractivity contribution is 5.75. The topological polar surface area (TPSA) is 59.6 Å². The molecule has 5 heteroatoms. The molecule has 0 saturated carbocycles. The van der Waals surface area contributed by atoms with Crippen molar-refractivity contribution in [2.24, 2.45) is 0 Å². The first kappa shape index (κ1) is 14.4. The largest absolute Gasteiger partial charge is 0.381 e. The predicted octanol–water partition coefficient (Wildman–Crippen LogP) is 0.296. The van der Waals surface area contributed by atoms with Crippen molar-refractivity contribution in [3.8, 4) is 0 Å².